The molecule has 336 valence electrons. The molecule has 7 unspecified atom stereocenters. The molecule has 0 radical (unpaired) electrons. The molecule has 1 aliphatic rings. The molecule has 1 rings (SSSR count). The van der Waals surface area contributed by atoms with E-state index in [0.29, 0.717) is 6.42 Å². The number of hydrogen-bond donors (Lipinski definition) is 6. The van der Waals surface area contributed by atoms with Gasteiger partial charge >= 0.3 is 0 Å². The number of aliphatic hydroxyl groups is 5. The van der Waals surface area contributed by atoms with Crippen LogP contribution in [0.4, 0.5) is 0 Å². The lowest BCUT2D eigenvalue weighted by Crippen LogP contribution is -2.60. The van der Waals surface area contributed by atoms with Gasteiger partial charge in [0.2, 0.25) is 5.91 Å². The van der Waals surface area contributed by atoms with Crippen LogP contribution in [0, 0.1) is 0 Å². The van der Waals surface area contributed by atoms with Crippen LogP contribution in [0.1, 0.15) is 155 Å². The first-order valence-electron chi connectivity index (χ1n) is 23.0. The first-order valence-corrected chi connectivity index (χ1v) is 23.0. The van der Waals surface area contributed by atoms with Crippen molar-refractivity contribution in [3.05, 3.63) is 97.2 Å². The van der Waals surface area contributed by atoms with Gasteiger partial charge in [0.25, 0.3) is 0 Å². The van der Waals surface area contributed by atoms with Crippen molar-refractivity contribution >= 4 is 5.91 Å². The van der Waals surface area contributed by atoms with Crippen LogP contribution in [0.3, 0.4) is 0 Å². The molecule has 59 heavy (non-hydrogen) atoms. The monoisotopic (exact) mass is 826 g/mol. The molecule has 7 atom stereocenters. The number of carbonyl (C=O) groups is 1. The molecule has 1 heterocycles. The van der Waals surface area contributed by atoms with Crippen molar-refractivity contribution in [1.82, 2.24) is 5.32 Å². The Kier molecular flexibility index (Phi) is 36.0. The average molecular weight is 826 g/mol. The van der Waals surface area contributed by atoms with Crippen molar-refractivity contribution in [2.24, 2.45) is 0 Å². The third-order valence-electron chi connectivity index (χ3n) is 10.2. The van der Waals surface area contributed by atoms with Crippen LogP contribution in [0.15, 0.2) is 97.2 Å². The second-order valence-electron chi connectivity index (χ2n) is 15.5. The number of hydrogen-bond acceptors (Lipinski definition) is 8. The van der Waals surface area contributed by atoms with E-state index in [-0.39, 0.29) is 12.5 Å². The Morgan fingerprint density at radius 2 is 1.05 bits per heavy atom. The fourth-order valence-electron chi connectivity index (χ4n) is 6.49. The van der Waals surface area contributed by atoms with Gasteiger partial charge in [0.15, 0.2) is 6.29 Å². The maximum atomic E-state index is 12.9. The molecule has 1 fully saturated rings. The minimum Gasteiger partial charge on any atom is -0.394 e. The molecule has 9 heteroatoms. The zero-order valence-electron chi connectivity index (χ0n) is 36.7. The largest absolute Gasteiger partial charge is 0.394 e. The van der Waals surface area contributed by atoms with Gasteiger partial charge in [0.05, 0.1) is 25.4 Å². The maximum absolute atomic E-state index is 12.9. The molecule has 0 saturated carbocycles. The Morgan fingerprint density at radius 3 is 1.56 bits per heavy atom. The van der Waals surface area contributed by atoms with Gasteiger partial charge in [0.1, 0.15) is 24.4 Å². The number of amides is 1. The summed E-state index contributed by atoms with van der Waals surface area (Å²) in [5, 5.41) is 53.9. The van der Waals surface area contributed by atoms with Crippen LogP contribution in [0.5, 0.6) is 0 Å². The van der Waals surface area contributed by atoms with E-state index >= 15 is 0 Å². The first-order chi connectivity index (χ1) is 28.8. The number of rotatable bonds is 36. The van der Waals surface area contributed by atoms with Crippen LogP contribution in [-0.4, -0.2) is 87.5 Å². The number of unbranched alkanes of at least 4 members (excludes halogenated alkanes) is 12. The van der Waals surface area contributed by atoms with Crippen molar-refractivity contribution in [1.29, 1.82) is 0 Å². The Bertz CT molecular complexity index is 1240. The normalized spacial score (nSPS) is 21.6. The predicted octanol–water partition coefficient (Wildman–Crippen LogP) is 9.72. The van der Waals surface area contributed by atoms with Gasteiger partial charge in [0, 0.05) is 6.42 Å². The number of nitrogens with one attached hydrogen (secondary N) is 1. The number of ether oxygens (including phenoxy) is 2. The fraction of sp³-hybridized carbons (Fsp3) is 0.660. The second-order valence-corrected chi connectivity index (χ2v) is 15.5. The first kappa shape index (κ1) is 54.1. The van der Waals surface area contributed by atoms with Gasteiger partial charge in [-0.25, -0.2) is 0 Å². The zero-order valence-corrected chi connectivity index (χ0v) is 36.7. The molecule has 9 nitrogen and oxygen atoms in total. The molecule has 1 aliphatic heterocycles. The third kappa shape index (κ3) is 29.9. The van der Waals surface area contributed by atoms with Gasteiger partial charge in [-0.1, -0.05) is 169 Å². The standard InChI is InChI=1S/C50H83NO8/c1-3-5-7-9-11-12-13-14-15-16-17-18-19-20-21-22-23-24-25-26-27-28-29-30-31-32-34-36-38-40-46(54)51-43(44(53)39-37-35-33-10-8-6-4-2)42-58-50-49(57)48(56)47(55)45(41-52)59-50/h5,7,11-12,14-15,17-18,20-21,23-24,26-27,37,39,43-45,47-50,52-53,55-57H,3-4,6,8-10,13,16,19,22,25,28-36,38,40-42H2,1-2H3,(H,51,54)/b7-5-,12-11-,15-14-,18-17-,21-20-,24-23-,27-26-,39-37+. The van der Waals surface area contributed by atoms with Gasteiger partial charge < -0.3 is 40.3 Å². The molecule has 0 aromatic heterocycles. The third-order valence-corrected chi connectivity index (χ3v) is 10.2. The van der Waals surface area contributed by atoms with Crippen molar-refractivity contribution in [3.8, 4) is 0 Å². The number of carbonyl (C=O) groups excluding carboxylic acids is 1. The van der Waals surface area contributed by atoms with Gasteiger partial charge in [-0.2, -0.15) is 0 Å². The summed E-state index contributed by atoms with van der Waals surface area (Å²) >= 11 is 0. The van der Waals surface area contributed by atoms with Crippen molar-refractivity contribution in [3.63, 3.8) is 0 Å². The number of allylic oxidation sites excluding steroid dienone is 15. The Labute approximate surface area is 358 Å². The quantitative estimate of drug-likeness (QED) is 0.0270. The number of aliphatic hydroxyl groups excluding tert-OH is 5. The SMILES string of the molecule is CC/C=C\C/C=C\C/C=C\C/C=C\C/C=C\C/C=C\C/C=C\CCCCCCCCCC(=O)NC(COC1OC(CO)C(O)C(O)C1O)C(O)/C=C/CCCCCCC. The summed E-state index contributed by atoms with van der Waals surface area (Å²) in [6.07, 6.45) is 49.1. The highest BCUT2D eigenvalue weighted by molar-refractivity contribution is 5.76. The van der Waals surface area contributed by atoms with Gasteiger partial charge in [-0.05, 0) is 77.0 Å². The van der Waals surface area contributed by atoms with Crippen molar-refractivity contribution in [2.75, 3.05) is 13.2 Å². The molecule has 0 aromatic carbocycles. The summed E-state index contributed by atoms with van der Waals surface area (Å²) in [6.45, 7) is 3.56. The molecule has 6 N–H and O–H groups in total. The summed E-state index contributed by atoms with van der Waals surface area (Å²) in [4.78, 5) is 12.9. The highest BCUT2D eigenvalue weighted by Gasteiger charge is 2.44. The summed E-state index contributed by atoms with van der Waals surface area (Å²) in [7, 11) is 0. The van der Waals surface area contributed by atoms with E-state index in [9.17, 15) is 30.3 Å². The molecule has 1 saturated heterocycles. The van der Waals surface area contributed by atoms with Crippen LogP contribution < -0.4 is 5.32 Å². The lowest BCUT2D eigenvalue weighted by Gasteiger charge is -2.40. The lowest BCUT2D eigenvalue weighted by molar-refractivity contribution is -0.302. The topological polar surface area (TPSA) is 149 Å². The van der Waals surface area contributed by atoms with Crippen LogP contribution in [0.2, 0.25) is 0 Å². The van der Waals surface area contributed by atoms with Gasteiger partial charge in [-0.15, -0.1) is 0 Å². The molecule has 0 spiro atoms. The van der Waals surface area contributed by atoms with Crippen LogP contribution >= 0.6 is 0 Å². The summed E-state index contributed by atoms with van der Waals surface area (Å²) < 4.78 is 11.1. The van der Waals surface area contributed by atoms with E-state index < -0.39 is 49.5 Å². The van der Waals surface area contributed by atoms with E-state index in [2.05, 4.69) is 104 Å². The molecular weight excluding hydrogens is 743 g/mol. The second kappa shape index (κ2) is 39.3. The van der Waals surface area contributed by atoms with E-state index in [4.69, 9.17) is 9.47 Å². The maximum Gasteiger partial charge on any atom is 0.220 e. The van der Waals surface area contributed by atoms with E-state index in [0.717, 1.165) is 96.3 Å². The average Bonchev–Trinajstić information content (AvgIpc) is 3.23. The van der Waals surface area contributed by atoms with E-state index in [1.54, 1.807) is 6.08 Å². The Hall–Kier alpha value is -2.89. The van der Waals surface area contributed by atoms with Crippen LogP contribution in [0.25, 0.3) is 0 Å². The summed E-state index contributed by atoms with van der Waals surface area (Å²) in [6, 6.07) is -0.814. The van der Waals surface area contributed by atoms with Crippen molar-refractivity contribution in [2.45, 2.75) is 198 Å². The smallest absolute Gasteiger partial charge is 0.220 e. The fourth-order valence-corrected chi connectivity index (χ4v) is 6.49. The lowest BCUT2D eigenvalue weighted by atomic mass is 9.99. The molecular formula is C50H83NO8. The molecule has 0 bridgehead atoms. The van der Waals surface area contributed by atoms with E-state index in [1.165, 1.54) is 38.5 Å². The Balaban J connectivity index is 2.21. The zero-order chi connectivity index (χ0) is 43.0. The van der Waals surface area contributed by atoms with Crippen LogP contribution in [-0.2, 0) is 14.3 Å². The minimum absolute atomic E-state index is 0.199. The van der Waals surface area contributed by atoms with Gasteiger partial charge in [-0.3, -0.25) is 4.79 Å². The highest BCUT2D eigenvalue weighted by Crippen LogP contribution is 2.22. The van der Waals surface area contributed by atoms with E-state index in [1.807, 2.05) is 6.08 Å². The summed E-state index contributed by atoms with van der Waals surface area (Å²) in [5.74, 6) is -0.199. The molecule has 0 aliphatic carbocycles. The molecule has 1 amide bonds. The molecule has 0 aromatic rings. The predicted molar refractivity (Wildman–Crippen MR) is 244 cm³/mol. The summed E-state index contributed by atoms with van der Waals surface area (Å²) in [5.41, 5.74) is 0. The Morgan fingerprint density at radius 1 is 0.593 bits per heavy atom. The minimum atomic E-state index is -1.57. The highest BCUT2D eigenvalue weighted by atomic mass is 16.7. The van der Waals surface area contributed by atoms with Crippen molar-refractivity contribution < 1.29 is 39.8 Å².